The molecule has 0 rings (SSSR count). The van der Waals surface area contributed by atoms with Crippen LogP contribution in [0.15, 0.2) is 0 Å². The highest BCUT2D eigenvalue weighted by atomic mass is 19.4. The molecule has 0 aromatic heterocycles. The number of hydrogen-bond donors (Lipinski definition) is 0. The lowest BCUT2D eigenvalue weighted by molar-refractivity contribution is -0.197. The second-order valence-electron chi connectivity index (χ2n) is 6.71. The molecule has 0 fully saturated rings. The van der Waals surface area contributed by atoms with Gasteiger partial charge in [-0.2, -0.15) is 13.2 Å². The van der Waals surface area contributed by atoms with Crippen LogP contribution in [0.4, 0.5) is 13.2 Å². The lowest BCUT2D eigenvalue weighted by atomic mass is 9.65. The topological polar surface area (TPSA) is 26.3 Å². The minimum atomic E-state index is -4.48. The van der Waals surface area contributed by atoms with Crippen molar-refractivity contribution in [2.24, 2.45) is 16.7 Å². The van der Waals surface area contributed by atoms with Crippen LogP contribution in [0.1, 0.15) is 54.4 Å². The summed E-state index contributed by atoms with van der Waals surface area (Å²) in [5, 5.41) is 0. The van der Waals surface area contributed by atoms with E-state index in [1.807, 2.05) is 34.6 Å². The third kappa shape index (κ3) is 5.83. The Bertz CT molecular complexity index is 303. The summed E-state index contributed by atoms with van der Waals surface area (Å²) in [7, 11) is 0. The molecule has 0 spiro atoms. The van der Waals surface area contributed by atoms with Gasteiger partial charge in [-0.05, 0) is 31.1 Å². The fourth-order valence-corrected chi connectivity index (χ4v) is 1.67. The zero-order chi connectivity index (χ0) is 15.5. The first-order valence-corrected chi connectivity index (χ1v) is 6.53. The standard InChI is InChI=1S/C14H25F3O2/c1-10(2)7-8-13(6,12(3,4)5)11(18)19-9-14(15,16)17/h10H,7-9H2,1-6H3. The molecule has 5 heteroatoms. The number of ether oxygens (including phenoxy) is 1. The fraction of sp³-hybridized carbons (Fsp3) is 0.929. The molecule has 1 unspecified atom stereocenters. The predicted octanol–water partition coefficient (Wildman–Crippen LogP) is 4.58. The normalized spacial score (nSPS) is 16.3. The number of halogens is 3. The summed E-state index contributed by atoms with van der Waals surface area (Å²) >= 11 is 0. The average molecular weight is 282 g/mol. The Balaban J connectivity index is 4.89. The van der Waals surface area contributed by atoms with Crippen LogP contribution in [0.5, 0.6) is 0 Å². The highest BCUT2D eigenvalue weighted by Gasteiger charge is 2.46. The van der Waals surface area contributed by atoms with E-state index < -0.39 is 29.6 Å². The summed E-state index contributed by atoms with van der Waals surface area (Å²) in [5.41, 5.74) is -1.37. The first-order valence-electron chi connectivity index (χ1n) is 6.53. The second-order valence-corrected chi connectivity index (χ2v) is 6.71. The van der Waals surface area contributed by atoms with Crippen molar-refractivity contribution in [2.75, 3.05) is 6.61 Å². The molecule has 0 aliphatic carbocycles. The van der Waals surface area contributed by atoms with Crippen LogP contribution in [0.25, 0.3) is 0 Å². The number of carbonyl (C=O) groups is 1. The van der Waals surface area contributed by atoms with Gasteiger partial charge < -0.3 is 4.74 Å². The lowest BCUT2D eigenvalue weighted by Gasteiger charge is -2.40. The molecule has 0 aromatic carbocycles. The zero-order valence-electron chi connectivity index (χ0n) is 12.6. The van der Waals surface area contributed by atoms with E-state index in [-0.39, 0.29) is 0 Å². The van der Waals surface area contributed by atoms with Gasteiger partial charge in [0.05, 0.1) is 5.41 Å². The first kappa shape index (κ1) is 18.3. The highest BCUT2D eigenvalue weighted by Crippen LogP contribution is 2.44. The van der Waals surface area contributed by atoms with Gasteiger partial charge >= 0.3 is 12.1 Å². The van der Waals surface area contributed by atoms with Gasteiger partial charge in [-0.15, -0.1) is 0 Å². The van der Waals surface area contributed by atoms with Crippen molar-refractivity contribution in [3.8, 4) is 0 Å². The summed E-state index contributed by atoms with van der Waals surface area (Å²) in [6.45, 7) is 9.76. The van der Waals surface area contributed by atoms with Crippen molar-refractivity contribution in [3.05, 3.63) is 0 Å². The third-order valence-corrected chi connectivity index (χ3v) is 3.69. The molecular weight excluding hydrogens is 257 g/mol. The summed E-state index contributed by atoms with van der Waals surface area (Å²) in [6.07, 6.45) is -3.19. The van der Waals surface area contributed by atoms with E-state index in [2.05, 4.69) is 4.74 Å². The van der Waals surface area contributed by atoms with E-state index in [1.165, 1.54) is 0 Å². The maximum atomic E-state index is 12.1. The third-order valence-electron chi connectivity index (χ3n) is 3.69. The average Bonchev–Trinajstić information content (AvgIpc) is 2.19. The molecule has 0 aromatic rings. The SMILES string of the molecule is CC(C)CCC(C)(C(=O)OCC(F)(F)F)C(C)(C)C. The molecule has 19 heavy (non-hydrogen) atoms. The molecule has 0 saturated carbocycles. The van der Waals surface area contributed by atoms with E-state index in [9.17, 15) is 18.0 Å². The van der Waals surface area contributed by atoms with Crippen molar-refractivity contribution in [2.45, 2.75) is 60.6 Å². The quantitative estimate of drug-likeness (QED) is 0.690. The fourth-order valence-electron chi connectivity index (χ4n) is 1.67. The van der Waals surface area contributed by atoms with Gasteiger partial charge in [-0.3, -0.25) is 4.79 Å². The monoisotopic (exact) mass is 282 g/mol. The molecule has 0 amide bonds. The Morgan fingerprint density at radius 2 is 1.58 bits per heavy atom. The molecule has 0 heterocycles. The molecule has 1 atom stereocenters. The van der Waals surface area contributed by atoms with Crippen LogP contribution >= 0.6 is 0 Å². The molecule has 0 bridgehead atoms. The molecule has 114 valence electrons. The van der Waals surface area contributed by atoms with E-state index in [4.69, 9.17) is 0 Å². The first-order chi connectivity index (χ1) is 8.29. The number of esters is 1. The van der Waals surface area contributed by atoms with Gasteiger partial charge in [0.25, 0.3) is 0 Å². The van der Waals surface area contributed by atoms with Crippen molar-refractivity contribution in [1.29, 1.82) is 0 Å². The molecule has 0 aliphatic heterocycles. The van der Waals surface area contributed by atoms with Crippen LogP contribution in [0, 0.1) is 16.7 Å². The molecule has 0 aliphatic rings. The Morgan fingerprint density at radius 3 is 1.89 bits per heavy atom. The van der Waals surface area contributed by atoms with Gasteiger partial charge in [-0.25, -0.2) is 0 Å². The molecule has 2 nitrogen and oxygen atoms in total. The van der Waals surface area contributed by atoms with E-state index in [1.54, 1.807) is 6.92 Å². The zero-order valence-corrected chi connectivity index (χ0v) is 12.6. The highest BCUT2D eigenvalue weighted by molar-refractivity contribution is 5.77. The van der Waals surface area contributed by atoms with Gasteiger partial charge in [0, 0.05) is 0 Å². The summed E-state index contributed by atoms with van der Waals surface area (Å²) < 4.78 is 40.9. The Hall–Kier alpha value is -0.740. The maximum absolute atomic E-state index is 12.1. The maximum Gasteiger partial charge on any atom is 0.422 e. The molecular formula is C14H25F3O2. The smallest absolute Gasteiger partial charge is 0.422 e. The van der Waals surface area contributed by atoms with Crippen LogP contribution in [-0.2, 0) is 9.53 Å². The van der Waals surface area contributed by atoms with Gasteiger partial charge in [0.15, 0.2) is 6.61 Å². The van der Waals surface area contributed by atoms with E-state index >= 15 is 0 Å². The van der Waals surface area contributed by atoms with Crippen molar-refractivity contribution >= 4 is 5.97 Å². The van der Waals surface area contributed by atoms with Gasteiger partial charge in [-0.1, -0.05) is 34.6 Å². The van der Waals surface area contributed by atoms with Gasteiger partial charge in [0.1, 0.15) is 0 Å². The number of carbonyl (C=O) groups excluding carboxylic acids is 1. The Labute approximate surface area is 113 Å². The van der Waals surface area contributed by atoms with Crippen molar-refractivity contribution in [1.82, 2.24) is 0 Å². The minimum Gasteiger partial charge on any atom is -0.456 e. The van der Waals surface area contributed by atoms with Gasteiger partial charge in [0.2, 0.25) is 0 Å². The van der Waals surface area contributed by atoms with Crippen molar-refractivity contribution in [3.63, 3.8) is 0 Å². The number of hydrogen-bond acceptors (Lipinski definition) is 2. The number of rotatable bonds is 5. The molecule has 0 radical (unpaired) electrons. The summed E-state index contributed by atoms with van der Waals surface area (Å²) in [4.78, 5) is 12.0. The largest absolute Gasteiger partial charge is 0.456 e. The Kier molecular flexibility index (Phi) is 5.90. The van der Waals surface area contributed by atoms with Crippen molar-refractivity contribution < 1.29 is 22.7 Å². The predicted molar refractivity (Wildman–Crippen MR) is 68.6 cm³/mol. The summed E-state index contributed by atoms with van der Waals surface area (Å²) in [5.74, 6) is -0.380. The van der Waals surface area contributed by atoms with Crippen LogP contribution in [0.2, 0.25) is 0 Å². The summed E-state index contributed by atoms with van der Waals surface area (Å²) in [6, 6.07) is 0. The van der Waals surface area contributed by atoms with E-state index in [0.717, 1.165) is 6.42 Å². The molecule has 0 saturated heterocycles. The van der Waals surface area contributed by atoms with Crippen LogP contribution in [0.3, 0.4) is 0 Å². The minimum absolute atomic E-state index is 0.386. The van der Waals surface area contributed by atoms with Crippen LogP contribution < -0.4 is 0 Å². The molecule has 0 N–H and O–H groups in total. The second kappa shape index (κ2) is 6.14. The van der Waals surface area contributed by atoms with Crippen LogP contribution in [-0.4, -0.2) is 18.8 Å². The lowest BCUT2D eigenvalue weighted by Crippen LogP contribution is -2.43. The van der Waals surface area contributed by atoms with E-state index in [0.29, 0.717) is 12.3 Å². The number of alkyl halides is 3. The Morgan fingerprint density at radius 1 is 1.11 bits per heavy atom.